The van der Waals surface area contributed by atoms with Gasteiger partial charge < -0.3 is 5.73 Å². The van der Waals surface area contributed by atoms with Crippen molar-refractivity contribution in [3.63, 3.8) is 0 Å². The molecule has 1 aromatic heterocycles. The van der Waals surface area contributed by atoms with Crippen molar-refractivity contribution < 1.29 is 13.2 Å². The number of thiazole rings is 1. The highest BCUT2D eigenvalue weighted by molar-refractivity contribution is 7.09. The number of hydrogen-bond donors (Lipinski definition) is 1. The third kappa shape index (κ3) is 3.57. The molecule has 3 nitrogen and oxygen atoms in total. The van der Waals surface area contributed by atoms with Gasteiger partial charge in [0.25, 0.3) is 0 Å². The van der Waals surface area contributed by atoms with E-state index in [-0.39, 0.29) is 19.4 Å². The highest BCUT2D eigenvalue weighted by atomic mass is 32.1. The lowest BCUT2D eigenvalue weighted by Gasteiger charge is -2.47. The molecule has 1 aliphatic rings. The van der Waals surface area contributed by atoms with E-state index in [1.165, 1.54) is 0 Å². The van der Waals surface area contributed by atoms with E-state index < -0.39 is 17.6 Å². The fourth-order valence-corrected chi connectivity index (χ4v) is 4.00. The second-order valence-electron chi connectivity index (χ2n) is 5.98. The van der Waals surface area contributed by atoms with Crippen molar-refractivity contribution in [1.29, 1.82) is 0 Å². The van der Waals surface area contributed by atoms with Crippen LogP contribution in [0.2, 0.25) is 0 Å². The first-order valence-corrected chi connectivity index (χ1v) is 8.03. The number of alkyl halides is 3. The van der Waals surface area contributed by atoms with Gasteiger partial charge in [0, 0.05) is 23.5 Å². The number of hydrogen-bond acceptors (Lipinski definition) is 4. The maximum Gasteiger partial charge on any atom is 0.391 e. The maximum absolute atomic E-state index is 13.1. The Balaban J connectivity index is 2.14. The molecule has 1 heterocycles. The Labute approximate surface area is 127 Å². The third-order valence-electron chi connectivity index (χ3n) is 4.70. The van der Waals surface area contributed by atoms with E-state index in [0.717, 1.165) is 17.0 Å². The second-order valence-corrected chi connectivity index (χ2v) is 6.92. The number of nitrogens with two attached hydrogens (primary N) is 1. The Kier molecular flexibility index (Phi) is 4.95. The zero-order chi connectivity index (χ0) is 15.7. The minimum absolute atomic E-state index is 0.0986. The lowest BCUT2D eigenvalue weighted by atomic mass is 9.74. The van der Waals surface area contributed by atoms with E-state index in [0.29, 0.717) is 13.0 Å². The van der Waals surface area contributed by atoms with Gasteiger partial charge in [-0.1, -0.05) is 6.42 Å². The molecule has 0 saturated heterocycles. The maximum atomic E-state index is 13.1. The molecule has 1 aliphatic carbocycles. The van der Waals surface area contributed by atoms with Crippen LogP contribution in [0.1, 0.15) is 36.3 Å². The van der Waals surface area contributed by atoms with Crippen LogP contribution < -0.4 is 5.73 Å². The van der Waals surface area contributed by atoms with Crippen LogP contribution in [0.25, 0.3) is 0 Å². The largest absolute Gasteiger partial charge is 0.391 e. The zero-order valence-electron chi connectivity index (χ0n) is 12.4. The Bertz CT molecular complexity index is 474. The summed E-state index contributed by atoms with van der Waals surface area (Å²) in [6, 6.07) is 0. The van der Waals surface area contributed by atoms with Gasteiger partial charge in [0.05, 0.1) is 17.1 Å². The highest BCUT2D eigenvalue weighted by Crippen LogP contribution is 2.44. The first-order valence-electron chi connectivity index (χ1n) is 7.15. The molecule has 21 heavy (non-hydrogen) atoms. The van der Waals surface area contributed by atoms with Crippen molar-refractivity contribution in [2.75, 3.05) is 13.6 Å². The van der Waals surface area contributed by atoms with Crippen LogP contribution in [0.5, 0.6) is 0 Å². The molecule has 1 aromatic rings. The minimum atomic E-state index is -4.12. The summed E-state index contributed by atoms with van der Waals surface area (Å²) in [7, 11) is 1.88. The second kappa shape index (κ2) is 6.22. The Morgan fingerprint density at radius 2 is 2.24 bits per heavy atom. The van der Waals surface area contributed by atoms with Crippen molar-refractivity contribution in [3.05, 3.63) is 16.1 Å². The molecule has 7 heteroatoms. The van der Waals surface area contributed by atoms with Gasteiger partial charge in [0.2, 0.25) is 0 Å². The van der Waals surface area contributed by atoms with E-state index in [1.807, 2.05) is 18.9 Å². The Morgan fingerprint density at radius 1 is 1.52 bits per heavy atom. The van der Waals surface area contributed by atoms with Crippen LogP contribution in [-0.2, 0) is 6.54 Å². The van der Waals surface area contributed by atoms with Gasteiger partial charge in [-0.15, -0.1) is 11.3 Å². The SMILES string of the molecule is Cc1ncsc1CN(C)C1(CN)CCCC(C(F)(F)F)C1. The Morgan fingerprint density at radius 3 is 2.76 bits per heavy atom. The predicted molar refractivity (Wildman–Crippen MR) is 78.1 cm³/mol. The lowest BCUT2D eigenvalue weighted by molar-refractivity contribution is -0.193. The first-order chi connectivity index (χ1) is 9.78. The molecule has 2 unspecified atom stereocenters. The average molecular weight is 321 g/mol. The number of aryl methyl sites for hydroxylation is 1. The standard InChI is InChI=1S/C14H22F3N3S/c1-10-12(21-9-19-10)7-20(2)13(8-18)5-3-4-11(6-13)14(15,16)17/h9,11H,3-8,18H2,1-2H3. The zero-order valence-corrected chi connectivity index (χ0v) is 13.2. The van der Waals surface area contributed by atoms with Crippen LogP contribution >= 0.6 is 11.3 Å². The number of rotatable bonds is 4. The van der Waals surface area contributed by atoms with Crippen LogP contribution in [-0.4, -0.2) is 35.2 Å². The molecule has 0 bridgehead atoms. The van der Waals surface area contributed by atoms with Crippen LogP contribution in [0, 0.1) is 12.8 Å². The van der Waals surface area contributed by atoms with Crippen molar-refractivity contribution in [1.82, 2.24) is 9.88 Å². The fourth-order valence-electron chi connectivity index (χ4n) is 3.17. The molecule has 0 aliphatic heterocycles. The quantitative estimate of drug-likeness (QED) is 0.925. The molecule has 0 aromatic carbocycles. The van der Waals surface area contributed by atoms with Crippen molar-refractivity contribution in [3.8, 4) is 0 Å². The van der Waals surface area contributed by atoms with Gasteiger partial charge in [-0.2, -0.15) is 13.2 Å². The number of likely N-dealkylation sites (N-methyl/N-ethyl adjacent to an activating group) is 1. The minimum Gasteiger partial charge on any atom is -0.329 e. The summed E-state index contributed by atoms with van der Waals surface area (Å²) in [5.74, 6) is -1.24. The van der Waals surface area contributed by atoms with E-state index >= 15 is 0 Å². The highest BCUT2D eigenvalue weighted by Gasteiger charge is 2.48. The fraction of sp³-hybridized carbons (Fsp3) is 0.786. The van der Waals surface area contributed by atoms with Crippen LogP contribution in [0.3, 0.4) is 0 Å². The lowest BCUT2D eigenvalue weighted by Crippen LogP contribution is -2.55. The van der Waals surface area contributed by atoms with Gasteiger partial charge >= 0.3 is 6.18 Å². The smallest absolute Gasteiger partial charge is 0.329 e. The van der Waals surface area contributed by atoms with E-state index in [2.05, 4.69) is 4.98 Å². The van der Waals surface area contributed by atoms with Crippen molar-refractivity contribution >= 4 is 11.3 Å². The first kappa shape index (κ1) is 16.7. The van der Waals surface area contributed by atoms with Crippen molar-refractivity contribution in [2.45, 2.75) is 50.9 Å². The molecule has 1 fully saturated rings. The van der Waals surface area contributed by atoms with Crippen molar-refractivity contribution in [2.24, 2.45) is 11.7 Å². The van der Waals surface area contributed by atoms with Gasteiger partial charge in [-0.05, 0) is 33.2 Å². The number of halogens is 3. The summed E-state index contributed by atoms with van der Waals surface area (Å²) in [6.45, 7) is 2.79. The Hall–Kier alpha value is -0.660. The molecule has 2 rings (SSSR count). The summed E-state index contributed by atoms with van der Waals surface area (Å²) in [5.41, 5.74) is 8.05. The predicted octanol–water partition coefficient (Wildman–Crippen LogP) is 3.33. The molecule has 0 spiro atoms. The molecular formula is C14H22F3N3S. The van der Waals surface area contributed by atoms with Gasteiger partial charge in [-0.3, -0.25) is 4.90 Å². The van der Waals surface area contributed by atoms with Gasteiger partial charge in [0.1, 0.15) is 0 Å². The summed E-state index contributed by atoms with van der Waals surface area (Å²) in [6.07, 6.45) is -2.50. The molecular weight excluding hydrogens is 299 g/mol. The van der Waals surface area contributed by atoms with E-state index in [1.54, 1.807) is 16.8 Å². The summed E-state index contributed by atoms with van der Waals surface area (Å²) in [5, 5.41) is 0. The number of aromatic nitrogens is 1. The van der Waals surface area contributed by atoms with Gasteiger partial charge in [-0.25, -0.2) is 4.98 Å². The molecule has 120 valence electrons. The molecule has 0 amide bonds. The van der Waals surface area contributed by atoms with Gasteiger partial charge in [0.15, 0.2) is 0 Å². The third-order valence-corrected chi connectivity index (χ3v) is 5.62. The molecule has 0 radical (unpaired) electrons. The monoisotopic (exact) mass is 321 g/mol. The molecule has 2 N–H and O–H groups in total. The molecule has 2 atom stereocenters. The summed E-state index contributed by atoms with van der Waals surface area (Å²) < 4.78 is 39.2. The summed E-state index contributed by atoms with van der Waals surface area (Å²) in [4.78, 5) is 7.30. The van der Waals surface area contributed by atoms with Crippen LogP contribution in [0.4, 0.5) is 13.2 Å². The van der Waals surface area contributed by atoms with E-state index in [9.17, 15) is 13.2 Å². The van der Waals surface area contributed by atoms with E-state index in [4.69, 9.17) is 5.73 Å². The summed E-state index contributed by atoms with van der Waals surface area (Å²) >= 11 is 1.54. The topological polar surface area (TPSA) is 42.2 Å². The number of nitrogens with zero attached hydrogens (tertiary/aromatic N) is 2. The average Bonchev–Trinajstić information content (AvgIpc) is 2.83. The molecule has 1 saturated carbocycles. The normalized spacial score (nSPS) is 27.3. The van der Waals surface area contributed by atoms with Crippen LogP contribution in [0.15, 0.2) is 5.51 Å².